The van der Waals surface area contributed by atoms with Crippen LogP contribution >= 0.6 is 0 Å². The van der Waals surface area contributed by atoms with Gasteiger partial charge in [-0.3, -0.25) is 0 Å². The Hall–Kier alpha value is -1.78. The van der Waals surface area contributed by atoms with Crippen molar-refractivity contribution in [2.24, 2.45) is 21.9 Å². The van der Waals surface area contributed by atoms with Gasteiger partial charge in [0.25, 0.3) is 0 Å². The number of carbonyl (C=O) groups is 1. The van der Waals surface area contributed by atoms with Crippen molar-refractivity contribution in [3.8, 4) is 0 Å². The van der Waals surface area contributed by atoms with Crippen LogP contribution in [0.1, 0.15) is 50.4 Å². The molecule has 0 aromatic heterocycles. The Labute approximate surface area is 128 Å². The zero-order valence-corrected chi connectivity index (χ0v) is 13.0. The summed E-state index contributed by atoms with van der Waals surface area (Å²) in [6, 6.07) is 3.25. The molecule has 1 aromatic carbocycles. The van der Waals surface area contributed by atoms with Gasteiger partial charge in [0.05, 0.1) is 5.71 Å². The van der Waals surface area contributed by atoms with Crippen molar-refractivity contribution in [3.05, 3.63) is 35.4 Å². The van der Waals surface area contributed by atoms with Crippen LogP contribution in [0.4, 0.5) is 8.78 Å². The summed E-state index contributed by atoms with van der Waals surface area (Å²) in [5.41, 5.74) is 0.103. The van der Waals surface area contributed by atoms with Gasteiger partial charge in [0.2, 0.25) is 0 Å². The Morgan fingerprint density at radius 1 is 1.27 bits per heavy atom. The average molecular weight is 307 g/mol. The quantitative estimate of drug-likeness (QED) is 0.603. The summed E-state index contributed by atoms with van der Waals surface area (Å²) >= 11 is 0. The molecule has 0 aliphatic heterocycles. The van der Waals surface area contributed by atoms with Crippen LogP contribution in [0.3, 0.4) is 0 Å². The molecule has 2 unspecified atom stereocenters. The molecule has 0 spiro atoms. The van der Waals surface area contributed by atoms with Gasteiger partial charge < -0.3 is 4.84 Å². The minimum absolute atomic E-state index is 0.0987. The number of hydrogen-bond donors (Lipinski definition) is 0. The van der Waals surface area contributed by atoms with E-state index in [-0.39, 0.29) is 10.8 Å². The molecular weight excluding hydrogens is 288 g/mol. The summed E-state index contributed by atoms with van der Waals surface area (Å²) < 4.78 is 27.1. The lowest BCUT2D eigenvalue weighted by Gasteiger charge is -2.34. The molecule has 3 rings (SSSR count). The van der Waals surface area contributed by atoms with Gasteiger partial charge in [0, 0.05) is 5.41 Å². The highest BCUT2D eigenvalue weighted by Gasteiger charge is 2.60. The zero-order chi connectivity index (χ0) is 16.1. The maximum absolute atomic E-state index is 13.6. The molecule has 22 heavy (non-hydrogen) atoms. The fourth-order valence-electron chi connectivity index (χ4n) is 3.90. The van der Waals surface area contributed by atoms with E-state index in [9.17, 15) is 13.6 Å². The molecule has 2 fully saturated rings. The molecule has 0 N–H and O–H groups in total. The second kappa shape index (κ2) is 4.86. The van der Waals surface area contributed by atoms with Gasteiger partial charge in [-0.2, -0.15) is 0 Å². The van der Waals surface area contributed by atoms with E-state index in [0.717, 1.165) is 37.1 Å². The van der Waals surface area contributed by atoms with Crippen molar-refractivity contribution in [3.63, 3.8) is 0 Å². The maximum atomic E-state index is 13.6. The topological polar surface area (TPSA) is 38.7 Å². The highest BCUT2D eigenvalue weighted by Crippen LogP contribution is 2.63. The minimum Gasteiger partial charge on any atom is -0.313 e. The number of carbonyl (C=O) groups excluding carboxylic acids is 1. The molecule has 0 radical (unpaired) electrons. The molecule has 2 aliphatic carbocycles. The third kappa shape index (κ3) is 1.98. The molecule has 0 heterocycles. The van der Waals surface area contributed by atoms with Crippen LogP contribution in [0.2, 0.25) is 0 Å². The Morgan fingerprint density at radius 2 is 1.91 bits per heavy atom. The van der Waals surface area contributed by atoms with Crippen LogP contribution in [0.15, 0.2) is 23.4 Å². The summed E-state index contributed by atoms with van der Waals surface area (Å²) in [4.78, 5) is 16.8. The number of hydrogen-bond acceptors (Lipinski definition) is 3. The largest absolute Gasteiger partial charge is 0.371 e. The number of halogens is 2. The third-order valence-corrected chi connectivity index (χ3v) is 5.92. The summed E-state index contributed by atoms with van der Waals surface area (Å²) in [6.45, 7) is 6.52. The first-order valence-electron chi connectivity index (χ1n) is 7.50. The lowest BCUT2D eigenvalue weighted by Crippen LogP contribution is -2.32. The van der Waals surface area contributed by atoms with Gasteiger partial charge in [-0.1, -0.05) is 32.0 Å². The van der Waals surface area contributed by atoms with Crippen LogP contribution < -0.4 is 0 Å². The van der Waals surface area contributed by atoms with Crippen LogP contribution in [-0.4, -0.2) is 11.7 Å². The van der Waals surface area contributed by atoms with Crippen LogP contribution in [0.25, 0.3) is 0 Å². The van der Waals surface area contributed by atoms with E-state index in [0.29, 0.717) is 5.92 Å². The predicted molar refractivity (Wildman–Crippen MR) is 78.4 cm³/mol. The minimum atomic E-state index is -1.09. The van der Waals surface area contributed by atoms with E-state index in [4.69, 9.17) is 4.84 Å². The molecule has 0 amide bonds. The van der Waals surface area contributed by atoms with Gasteiger partial charge in [-0.15, -0.1) is 0 Å². The average Bonchev–Trinajstić information content (AvgIpc) is 2.77. The van der Waals surface area contributed by atoms with Crippen molar-refractivity contribution in [2.45, 2.75) is 40.0 Å². The van der Waals surface area contributed by atoms with Crippen molar-refractivity contribution in [1.29, 1.82) is 0 Å². The van der Waals surface area contributed by atoms with Gasteiger partial charge in [-0.25, -0.2) is 13.6 Å². The first-order valence-corrected chi connectivity index (χ1v) is 7.50. The summed E-state index contributed by atoms with van der Waals surface area (Å²) in [5, 5.41) is 3.97. The monoisotopic (exact) mass is 307 g/mol. The van der Waals surface area contributed by atoms with E-state index in [1.807, 2.05) is 0 Å². The lowest BCUT2D eigenvalue weighted by molar-refractivity contribution is 0.0497. The van der Waals surface area contributed by atoms with E-state index in [2.05, 4.69) is 25.9 Å². The van der Waals surface area contributed by atoms with Crippen LogP contribution in [-0.2, 0) is 4.84 Å². The van der Waals surface area contributed by atoms with E-state index >= 15 is 0 Å². The van der Waals surface area contributed by atoms with Crippen LogP contribution in [0, 0.1) is 28.4 Å². The van der Waals surface area contributed by atoms with E-state index in [1.165, 1.54) is 6.07 Å². The molecule has 2 bridgehead atoms. The maximum Gasteiger partial charge on any atom is 0.371 e. The van der Waals surface area contributed by atoms with E-state index in [1.54, 1.807) is 0 Å². The molecular formula is C17H19F2NO2. The molecule has 2 atom stereocenters. The molecule has 1 aromatic rings. The Kier molecular flexibility index (Phi) is 3.34. The first-order chi connectivity index (χ1) is 10.3. The van der Waals surface area contributed by atoms with Crippen molar-refractivity contribution >= 4 is 11.7 Å². The molecule has 2 saturated carbocycles. The highest BCUT2D eigenvalue weighted by atomic mass is 19.1. The number of oxime groups is 1. The van der Waals surface area contributed by atoms with Gasteiger partial charge in [-0.05, 0) is 42.7 Å². The number of benzene rings is 1. The SMILES string of the molecule is CC12CCC(C/C1=N/OC(=O)c1c(F)cccc1F)C2(C)C. The Morgan fingerprint density at radius 3 is 2.41 bits per heavy atom. The predicted octanol–water partition coefficient (Wildman–Crippen LogP) is 4.32. The normalized spacial score (nSPS) is 30.8. The summed E-state index contributed by atoms with van der Waals surface area (Å²) in [6.07, 6.45) is 2.91. The fourth-order valence-corrected chi connectivity index (χ4v) is 3.90. The smallest absolute Gasteiger partial charge is 0.313 e. The molecule has 3 nitrogen and oxygen atoms in total. The molecule has 2 aliphatic rings. The highest BCUT2D eigenvalue weighted by molar-refractivity contribution is 5.95. The standard InChI is InChI=1S/C17H19F2NO2/c1-16(2)10-7-8-17(16,3)13(9-10)20-22-15(21)14-11(18)5-4-6-12(14)19/h4-6,10H,7-9H2,1-3H3/b20-13-. The lowest BCUT2D eigenvalue weighted by atomic mass is 9.70. The Bertz CT molecular complexity index is 648. The Balaban J connectivity index is 1.83. The number of fused-ring (bicyclic) bond motifs is 2. The second-order valence-corrected chi connectivity index (χ2v) is 7.01. The number of nitrogens with zero attached hydrogens (tertiary/aromatic N) is 1. The zero-order valence-electron chi connectivity index (χ0n) is 13.0. The first kappa shape index (κ1) is 15.1. The van der Waals surface area contributed by atoms with Gasteiger partial charge in [0.1, 0.15) is 17.2 Å². The summed E-state index contributed by atoms with van der Waals surface area (Å²) in [5.74, 6) is -2.46. The van der Waals surface area contributed by atoms with Crippen LogP contribution in [0.5, 0.6) is 0 Å². The van der Waals surface area contributed by atoms with E-state index < -0.39 is 23.2 Å². The van der Waals surface area contributed by atoms with Crippen molar-refractivity contribution < 1.29 is 18.4 Å². The molecule has 118 valence electrons. The fraction of sp³-hybridized carbons (Fsp3) is 0.529. The van der Waals surface area contributed by atoms with Crippen molar-refractivity contribution in [1.82, 2.24) is 0 Å². The third-order valence-electron chi connectivity index (χ3n) is 5.92. The second-order valence-electron chi connectivity index (χ2n) is 7.01. The van der Waals surface area contributed by atoms with Gasteiger partial charge in [0.15, 0.2) is 0 Å². The molecule has 5 heteroatoms. The molecule has 0 saturated heterocycles. The van der Waals surface area contributed by atoms with Crippen molar-refractivity contribution in [2.75, 3.05) is 0 Å². The van der Waals surface area contributed by atoms with Gasteiger partial charge >= 0.3 is 5.97 Å². The summed E-state index contributed by atoms with van der Waals surface area (Å²) in [7, 11) is 0. The number of rotatable bonds is 2.